The summed E-state index contributed by atoms with van der Waals surface area (Å²) in [7, 11) is 0. The predicted octanol–water partition coefficient (Wildman–Crippen LogP) is 1.48. The predicted molar refractivity (Wildman–Crippen MR) is 58.9 cm³/mol. The molecule has 3 rings (SSSR count). The van der Waals surface area contributed by atoms with Gasteiger partial charge in [-0.05, 0) is 25.8 Å². The van der Waals surface area contributed by atoms with Gasteiger partial charge in [0.25, 0.3) is 0 Å². The quantitative estimate of drug-likeness (QED) is 0.759. The molecule has 0 aromatic carbocycles. The van der Waals surface area contributed by atoms with Crippen molar-refractivity contribution in [3.05, 3.63) is 11.6 Å². The number of aromatic nitrogens is 1. The molecule has 0 aliphatic carbocycles. The Kier molecular flexibility index (Phi) is 1.99. The molecule has 1 spiro atoms. The van der Waals surface area contributed by atoms with Crippen molar-refractivity contribution < 1.29 is 0 Å². The number of hydrogen-bond donors (Lipinski definition) is 1. The summed E-state index contributed by atoms with van der Waals surface area (Å²) in [4.78, 5) is 6.79. The van der Waals surface area contributed by atoms with Crippen LogP contribution < -0.4 is 10.2 Å². The fraction of sp³-hybridized carbons (Fsp3) is 0.700. The zero-order valence-electron chi connectivity index (χ0n) is 8.20. The number of nitrogens with one attached hydrogen (secondary N) is 1. The largest absolute Gasteiger partial charge is 0.346 e. The first-order valence-corrected chi connectivity index (χ1v) is 6.15. The van der Waals surface area contributed by atoms with E-state index in [0.717, 1.165) is 6.54 Å². The Balaban J connectivity index is 1.75. The molecule has 1 unspecified atom stereocenters. The van der Waals surface area contributed by atoms with E-state index >= 15 is 0 Å². The molecule has 0 saturated carbocycles. The maximum atomic E-state index is 4.37. The second-order valence-electron chi connectivity index (χ2n) is 4.30. The van der Waals surface area contributed by atoms with Crippen LogP contribution in [0, 0.1) is 0 Å². The molecule has 1 N–H and O–H groups in total. The van der Waals surface area contributed by atoms with Gasteiger partial charge in [0.15, 0.2) is 5.13 Å². The van der Waals surface area contributed by atoms with Gasteiger partial charge in [-0.25, -0.2) is 4.98 Å². The molecule has 3 heterocycles. The van der Waals surface area contributed by atoms with Gasteiger partial charge in [-0.3, -0.25) is 0 Å². The molecule has 2 aliphatic heterocycles. The van der Waals surface area contributed by atoms with Gasteiger partial charge in [0.2, 0.25) is 0 Å². The molecule has 1 aromatic heterocycles. The van der Waals surface area contributed by atoms with Gasteiger partial charge in [0.1, 0.15) is 0 Å². The molecule has 2 saturated heterocycles. The van der Waals surface area contributed by atoms with Gasteiger partial charge >= 0.3 is 0 Å². The van der Waals surface area contributed by atoms with Gasteiger partial charge < -0.3 is 10.2 Å². The molecule has 0 bridgehead atoms. The summed E-state index contributed by atoms with van der Waals surface area (Å²) in [5.74, 6) is 0. The second kappa shape index (κ2) is 3.21. The Bertz CT molecular complexity index is 303. The maximum absolute atomic E-state index is 4.37. The second-order valence-corrected chi connectivity index (χ2v) is 5.17. The highest BCUT2D eigenvalue weighted by Crippen LogP contribution is 2.33. The van der Waals surface area contributed by atoms with E-state index in [0.29, 0.717) is 5.54 Å². The van der Waals surface area contributed by atoms with Crippen molar-refractivity contribution in [3.63, 3.8) is 0 Å². The molecule has 2 fully saturated rings. The van der Waals surface area contributed by atoms with Crippen LogP contribution in [0.15, 0.2) is 11.6 Å². The van der Waals surface area contributed by atoms with E-state index in [-0.39, 0.29) is 0 Å². The molecule has 4 heteroatoms. The number of nitrogens with zero attached hydrogens (tertiary/aromatic N) is 2. The third kappa shape index (κ3) is 1.33. The monoisotopic (exact) mass is 209 g/mol. The van der Waals surface area contributed by atoms with E-state index in [1.165, 1.54) is 37.5 Å². The van der Waals surface area contributed by atoms with Crippen LogP contribution in [0.25, 0.3) is 0 Å². The summed E-state index contributed by atoms with van der Waals surface area (Å²) in [6.07, 6.45) is 5.86. The van der Waals surface area contributed by atoms with Crippen LogP contribution in [0.3, 0.4) is 0 Å². The Morgan fingerprint density at radius 1 is 1.50 bits per heavy atom. The zero-order valence-corrected chi connectivity index (χ0v) is 9.02. The average molecular weight is 209 g/mol. The van der Waals surface area contributed by atoms with Gasteiger partial charge in [-0.1, -0.05) is 0 Å². The van der Waals surface area contributed by atoms with Crippen LogP contribution in [0.5, 0.6) is 0 Å². The lowest BCUT2D eigenvalue weighted by Gasteiger charge is -2.23. The number of anilines is 1. The Hall–Kier alpha value is -0.610. The van der Waals surface area contributed by atoms with E-state index in [1.807, 2.05) is 6.20 Å². The van der Waals surface area contributed by atoms with Crippen molar-refractivity contribution in [1.29, 1.82) is 0 Å². The zero-order chi connectivity index (χ0) is 9.43. The third-order valence-electron chi connectivity index (χ3n) is 3.38. The topological polar surface area (TPSA) is 28.2 Å². The average Bonchev–Trinajstić information content (AvgIpc) is 2.91. The number of rotatable bonds is 1. The van der Waals surface area contributed by atoms with Crippen molar-refractivity contribution in [2.45, 2.75) is 24.8 Å². The highest BCUT2D eigenvalue weighted by molar-refractivity contribution is 7.13. The minimum absolute atomic E-state index is 0.422. The summed E-state index contributed by atoms with van der Waals surface area (Å²) < 4.78 is 0. The van der Waals surface area contributed by atoms with Crippen molar-refractivity contribution in [2.24, 2.45) is 0 Å². The van der Waals surface area contributed by atoms with Crippen molar-refractivity contribution in [2.75, 3.05) is 24.5 Å². The van der Waals surface area contributed by atoms with E-state index in [2.05, 4.69) is 20.6 Å². The highest BCUT2D eigenvalue weighted by Gasteiger charge is 2.40. The Morgan fingerprint density at radius 2 is 2.50 bits per heavy atom. The summed E-state index contributed by atoms with van der Waals surface area (Å²) >= 11 is 1.75. The van der Waals surface area contributed by atoms with Gasteiger partial charge in [-0.15, -0.1) is 11.3 Å². The Labute approximate surface area is 88.1 Å². The molecular weight excluding hydrogens is 194 g/mol. The lowest BCUT2D eigenvalue weighted by Crippen LogP contribution is -2.42. The summed E-state index contributed by atoms with van der Waals surface area (Å²) in [5, 5.41) is 6.91. The summed E-state index contributed by atoms with van der Waals surface area (Å²) in [6.45, 7) is 3.52. The normalized spacial score (nSPS) is 31.9. The van der Waals surface area contributed by atoms with Crippen LogP contribution in [-0.4, -0.2) is 30.2 Å². The molecule has 0 radical (unpaired) electrons. The van der Waals surface area contributed by atoms with Gasteiger partial charge in [-0.2, -0.15) is 0 Å². The first-order chi connectivity index (χ1) is 6.88. The van der Waals surface area contributed by atoms with Gasteiger partial charge in [0.05, 0.1) is 0 Å². The minimum Gasteiger partial charge on any atom is -0.346 e. The lowest BCUT2D eigenvalue weighted by atomic mass is 9.97. The number of hydrogen-bond acceptors (Lipinski definition) is 4. The smallest absolute Gasteiger partial charge is 0.185 e. The van der Waals surface area contributed by atoms with E-state index in [4.69, 9.17) is 0 Å². The van der Waals surface area contributed by atoms with Crippen molar-refractivity contribution >= 4 is 16.5 Å². The van der Waals surface area contributed by atoms with Crippen LogP contribution in [0.1, 0.15) is 19.3 Å². The fourth-order valence-electron chi connectivity index (χ4n) is 2.62. The molecule has 1 aromatic rings. The Morgan fingerprint density at radius 3 is 3.21 bits per heavy atom. The minimum atomic E-state index is 0.422. The van der Waals surface area contributed by atoms with Crippen molar-refractivity contribution in [3.8, 4) is 0 Å². The lowest BCUT2D eigenvalue weighted by molar-refractivity contribution is 0.419. The van der Waals surface area contributed by atoms with E-state index in [1.54, 1.807) is 11.3 Å². The molecule has 3 nitrogen and oxygen atoms in total. The van der Waals surface area contributed by atoms with Crippen LogP contribution in [0.4, 0.5) is 5.13 Å². The fourth-order valence-corrected chi connectivity index (χ4v) is 3.29. The first-order valence-electron chi connectivity index (χ1n) is 5.28. The SMILES string of the molecule is c1csc(N2CCC3(CCCN3)C2)n1. The molecular formula is C10H15N3S. The summed E-state index contributed by atoms with van der Waals surface area (Å²) in [5.41, 5.74) is 0.422. The molecule has 0 amide bonds. The molecule has 14 heavy (non-hydrogen) atoms. The highest BCUT2D eigenvalue weighted by atomic mass is 32.1. The molecule has 2 aliphatic rings. The number of thiazole rings is 1. The molecule has 76 valence electrons. The first kappa shape index (κ1) is 8.68. The van der Waals surface area contributed by atoms with E-state index in [9.17, 15) is 0 Å². The van der Waals surface area contributed by atoms with Crippen molar-refractivity contribution in [1.82, 2.24) is 10.3 Å². The summed E-state index contributed by atoms with van der Waals surface area (Å²) in [6, 6.07) is 0. The standard InChI is InChI=1S/C10H15N3S/c1-2-10(12-4-1)3-6-13(8-10)9-11-5-7-14-9/h5,7,12H,1-4,6,8H2. The maximum Gasteiger partial charge on any atom is 0.185 e. The van der Waals surface area contributed by atoms with Gasteiger partial charge in [0, 0.05) is 30.2 Å². The van der Waals surface area contributed by atoms with Crippen LogP contribution in [-0.2, 0) is 0 Å². The van der Waals surface area contributed by atoms with Crippen LogP contribution >= 0.6 is 11.3 Å². The van der Waals surface area contributed by atoms with E-state index < -0.39 is 0 Å². The van der Waals surface area contributed by atoms with Crippen LogP contribution in [0.2, 0.25) is 0 Å². The molecule has 1 atom stereocenters. The third-order valence-corrected chi connectivity index (χ3v) is 4.21.